The number of carbonyl (C=O) groups excluding carboxylic acids is 1. The molecular formula is C30H35N9O4S. The van der Waals surface area contributed by atoms with Crippen LogP contribution in [0.5, 0.6) is 0 Å². The highest BCUT2D eigenvalue weighted by Crippen LogP contribution is 2.39. The maximum atomic E-state index is 12.7. The number of aromatic amines is 1. The molecule has 1 aromatic carbocycles. The van der Waals surface area contributed by atoms with Gasteiger partial charge in [0.25, 0.3) is 5.89 Å². The van der Waals surface area contributed by atoms with Crippen LogP contribution in [0.15, 0.2) is 41.1 Å². The normalized spacial score (nSPS) is 18.0. The number of pyridine rings is 1. The summed E-state index contributed by atoms with van der Waals surface area (Å²) in [5.74, 6) is 2.90. The Balaban J connectivity index is 1.11. The third-order valence-corrected chi connectivity index (χ3v) is 8.99. The molecule has 3 aliphatic rings. The Labute approximate surface area is 258 Å². The van der Waals surface area contributed by atoms with Gasteiger partial charge in [0.2, 0.25) is 11.9 Å². The van der Waals surface area contributed by atoms with Crippen molar-refractivity contribution in [2.45, 2.75) is 44.1 Å². The summed E-state index contributed by atoms with van der Waals surface area (Å²) in [4.78, 5) is 44.2. The van der Waals surface area contributed by atoms with Gasteiger partial charge in [0.1, 0.15) is 11.9 Å². The molecule has 3 fully saturated rings. The summed E-state index contributed by atoms with van der Waals surface area (Å²) in [5.41, 5.74) is 3.08. The molecule has 4 aromatic rings. The van der Waals surface area contributed by atoms with Crippen molar-refractivity contribution in [2.24, 2.45) is 5.92 Å². The van der Waals surface area contributed by atoms with Crippen LogP contribution in [0.2, 0.25) is 0 Å². The summed E-state index contributed by atoms with van der Waals surface area (Å²) in [5, 5.41) is 21.6. The highest BCUT2D eigenvalue weighted by Gasteiger charge is 2.37. The Morgan fingerprint density at radius 3 is 2.68 bits per heavy atom. The minimum atomic E-state index is -0.888. The molecule has 0 bridgehead atoms. The maximum absolute atomic E-state index is 12.7. The second-order valence-corrected chi connectivity index (χ2v) is 12.6. The lowest BCUT2D eigenvalue weighted by molar-refractivity contribution is -0.141. The van der Waals surface area contributed by atoms with Crippen LogP contribution < -0.4 is 10.3 Å². The lowest BCUT2D eigenvalue weighted by atomic mass is 10.2. The average Bonchev–Trinajstić information content (AvgIpc) is 3.97. The number of nitrogens with one attached hydrogen (secondary N) is 2. The van der Waals surface area contributed by atoms with Gasteiger partial charge in [-0.15, -0.1) is 0 Å². The van der Waals surface area contributed by atoms with Crippen LogP contribution in [-0.4, -0.2) is 96.2 Å². The topological polar surface area (TPSA) is 157 Å². The predicted octanol–water partition coefficient (Wildman–Crippen LogP) is 4.11. The summed E-state index contributed by atoms with van der Waals surface area (Å²) in [6, 6.07) is 8.64. The number of imidazole rings is 1. The number of H-pyrrole nitrogens is 1. The molecule has 44 heavy (non-hydrogen) atoms. The zero-order valence-electron chi connectivity index (χ0n) is 24.5. The second kappa shape index (κ2) is 12.1. The number of anilines is 3. The Morgan fingerprint density at radius 2 is 1.95 bits per heavy atom. The number of carboxylic acid groups (broad SMARTS) is 1. The number of thioether (sulfide) groups is 1. The molecular weight excluding hydrogens is 582 g/mol. The standard InChI is InChI=1S/C30H35N9O4S/c1-44-15-9-24(29(41)42)39(38-13-11-37(12-14-38)28(40)19-4-5-19)21-8-10-31-25(17-21)34-30-32-22-7-6-20(16-23(22)33-30)27-35-26(36-43-27)18-2-3-18/h6-8,10,16-19,24H,2-5,9,11-15H2,1H3,(H,41,42)(H2,31,32,33,34)/t24-/m0/s1. The Bertz CT molecular complexity index is 1660. The first-order valence-electron chi connectivity index (χ1n) is 15.1. The molecule has 14 heteroatoms. The number of carboxylic acids is 1. The first-order valence-corrected chi connectivity index (χ1v) is 16.5. The fourth-order valence-corrected chi connectivity index (χ4v) is 6.11. The molecule has 2 aliphatic carbocycles. The number of amides is 1. The molecule has 230 valence electrons. The monoisotopic (exact) mass is 617 g/mol. The second-order valence-electron chi connectivity index (χ2n) is 11.6. The molecule has 0 radical (unpaired) electrons. The number of carbonyl (C=O) groups is 2. The predicted molar refractivity (Wildman–Crippen MR) is 167 cm³/mol. The first kappa shape index (κ1) is 28.6. The number of aliphatic carboxylic acids is 1. The van der Waals surface area contributed by atoms with Gasteiger partial charge in [0.05, 0.1) is 16.7 Å². The van der Waals surface area contributed by atoms with Gasteiger partial charge >= 0.3 is 5.97 Å². The van der Waals surface area contributed by atoms with E-state index in [-0.39, 0.29) is 11.8 Å². The van der Waals surface area contributed by atoms with E-state index < -0.39 is 12.0 Å². The summed E-state index contributed by atoms with van der Waals surface area (Å²) in [6.45, 7) is 2.26. The van der Waals surface area contributed by atoms with E-state index in [9.17, 15) is 14.7 Å². The number of rotatable bonds is 12. The van der Waals surface area contributed by atoms with Crippen LogP contribution >= 0.6 is 11.8 Å². The van der Waals surface area contributed by atoms with Crippen LogP contribution in [-0.2, 0) is 9.59 Å². The minimum absolute atomic E-state index is 0.170. The minimum Gasteiger partial charge on any atom is -0.480 e. The molecule has 13 nitrogen and oxygen atoms in total. The first-order chi connectivity index (χ1) is 21.5. The van der Waals surface area contributed by atoms with Gasteiger partial charge in [-0.25, -0.2) is 19.8 Å². The van der Waals surface area contributed by atoms with Gasteiger partial charge in [0.15, 0.2) is 5.82 Å². The van der Waals surface area contributed by atoms with Gasteiger partial charge in [-0.2, -0.15) is 16.7 Å². The van der Waals surface area contributed by atoms with Crippen LogP contribution in [0, 0.1) is 5.92 Å². The van der Waals surface area contributed by atoms with Crippen LogP contribution in [0.1, 0.15) is 43.8 Å². The quantitative estimate of drug-likeness (QED) is 0.209. The third-order valence-electron chi connectivity index (χ3n) is 8.34. The van der Waals surface area contributed by atoms with E-state index >= 15 is 0 Å². The molecule has 3 N–H and O–H groups in total. The van der Waals surface area contributed by atoms with E-state index in [1.165, 1.54) is 0 Å². The Morgan fingerprint density at radius 1 is 1.14 bits per heavy atom. The fourth-order valence-electron chi connectivity index (χ4n) is 5.65. The summed E-state index contributed by atoms with van der Waals surface area (Å²) < 4.78 is 5.49. The van der Waals surface area contributed by atoms with Crippen molar-refractivity contribution in [3.63, 3.8) is 0 Å². The summed E-state index contributed by atoms with van der Waals surface area (Å²) in [7, 11) is 0. The van der Waals surface area contributed by atoms with Gasteiger partial charge in [0, 0.05) is 55.8 Å². The van der Waals surface area contributed by atoms with E-state index in [1.807, 2.05) is 46.5 Å². The van der Waals surface area contributed by atoms with Crippen molar-refractivity contribution in [1.29, 1.82) is 0 Å². The molecule has 2 saturated carbocycles. The number of piperazine rings is 1. The van der Waals surface area contributed by atoms with E-state index in [4.69, 9.17) is 4.52 Å². The maximum Gasteiger partial charge on any atom is 0.327 e. The van der Waals surface area contributed by atoms with Crippen molar-refractivity contribution in [2.75, 3.05) is 48.5 Å². The van der Waals surface area contributed by atoms with Gasteiger partial charge in [-0.3, -0.25) is 9.80 Å². The molecule has 0 spiro atoms. The van der Waals surface area contributed by atoms with Crippen molar-refractivity contribution in [1.82, 2.24) is 35.0 Å². The molecule has 1 aliphatic heterocycles. The van der Waals surface area contributed by atoms with Gasteiger partial charge in [-0.1, -0.05) is 5.16 Å². The largest absolute Gasteiger partial charge is 0.480 e. The molecule has 1 saturated heterocycles. The van der Waals surface area contributed by atoms with Crippen LogP contribution in [0.25, 0.3) is 22.5 Å². The Hall–Kier alpha value is -4.17. The van der Waals surface area contributed by atoms with Crippen molar-refractivity contribution < 1.29 is 19.2 Å². The van der Waals surface area contributed by atoms with Crippen LogP contribution in [0.4, 0.5) is 17.5 Å². The zero-order chi connectivity index (χ0) is 30.2. The van der Waals surface area contributed by atoms with Crippen molar-refractivity contribution in [3.05, 3.63) is 42.4 Å². The average molecular weight is 618 g/mol. The number of hydrogen-bond donors (Lipinski definition) is 3. The van der Waals surface area contributed by atoms with Crippen molar-refractivity contribution >= 4 is 52.1 Å². The van der Waals surface area contributed by atoms with E-state index in [1.54, 1.807) is 18.0 Å². The van der Waals surface area contributed by atoms with Gasteiger partial charge in [-0.05, 0) is 68.4 Å². The number of aromatic nitrogens is 5. The molecule has 3 aromatic heterocycles. The molecule has 4 heterocycles. The van der Waals surface area contributed by atoms with E-state index in [0.29, 0.717) is 67.6 Å². The zero-order valence-corrected chi connectivity index (χ0v) is 25.3. The number of hydrazine groups is 1. The van der Waals surface area contributed by atoms with Crippen molar-refractivity contribution in [3.8, 4) is 11.5 Å². The summed E-state index contributed by atoms with van der Waals surface area (Å²) >= 11 is 1.62. The number of hydrogen-bond acceptors (Lipinski definition) is 11. The fraction of sp³-hybridized carbons (Fsp3) is 0.467. The number of nitrogens with zero attached hydrogens (tertiary/aromatic N) is 7. The molecule has 0 unspecified atom stereocenters. The highest BCUT2D eigenvalue weighted by atomic mass is 32.2. The SMILES string of the molecule is CSCC[C@@H](C(=O)O)N(c1ccnc(Nc2nc3ccc(-c4nc(C5CC5)no4)cc3[nH]2)c1)N1CCN(C(=O)C2CC2)CC1. The van der Waals surface area contributed by atoms with E-state index in [0.717, 1.165) is 48.1 Å². The smallest absolute Gasteiger partial charge is 0.327 e. The highest BCUT2D eigenvalue weighted by molar-refractivity contribution is 7.98. The summed E-state index contributed by atoms with van der Waals surface area (Å²) in [6.07, 6.45) is 8.26. The number of fused-ring (bicyclic) bond motifs is 1. The lowest BCUT2D eigenvalue weighted by Gasteiger charge is -2.44. The third kappa shape index (κ3) is 6.09. The molecule has 1 atom stereocenters. The lowest BCUT2D eigenvalue weighted by Crippen LogP contribution is -2.59. The van der Waals surface area contributed by atoms with Gasteiger partial charge < -0.3 is 24.8 Å². The molecule has 1 amide bonds. The molecule has 7 rings (SSSR count). The Kier molecular flexibility index (Phi) is 7.85. The van der Waals surface area contributed by atoms with E-state index in [2.05, 4.69) is 35.4 Å². The van der Waals surface area contributed by atoms with Crippen LogP contribution in [0.3, 0.4) is 0 Å². The number of benzene rings is 1.